The van der Waals surface area contributed by atoms with Gasteiger partial charge in [0, 0.05) is 14.3 Å². The first-order valence-electron chi connectivity index (χ1n) is 0.816. The first-order valence-corrected chi connectivity index (χ1v) is 0.816. The molecule has 0 fully saturated rings. The van der Waals surface area contributed by atoms with E-state index >= 15 is 0 Å². The fourth-order valence-electron chi connectivity index (χ4n) is 0. The van der Waals surface area contributed by atoms with E-state index in [1.54, 1.807) is 0 Å². The average molecular weight is 288 g/mol. The van der Waals surface area contributed by atoms with Crippen molar-refractivity contribution in [3.05, 3.63) is 6.92 Å². The molecule has 0 aliphatic heterocycles. The van der Waals surface area contributed by atoms with Gasteiger partial charge in [-0.15, -0.1) is 0 Å². The number of hydrogen-bond acceptors (Lipinski definition) is 1. The maximum absolute atomic E-state index is 7.46. The molecule has 0 aromatic rings. The Kier molecular flexibility index (Phi) is 22.4. The van der Waals surface area contributed by atoms with Crippen LogP contribution < -0.4 is 0 Å². The molecule has 1 radical (unpaired) electrons. The molecule has 0 saturated carbocycles. The number of aliphatic hydroxyl groups excluding tert-OH is 1. The predicted octanol–water partition coefficient (Wildman–Crippen LogP) is -0.187. The summed E-state index contributed by atoms with van der Waals surface area (Å²) in [5.41, 5.74) is 0. The predicted molar refractivity (Wildman–Crippen MR) is 12.4 cm³/mol. The Bertz CT molecular complexity index is 6.00. The first-order chi connectivity index (χ1) is 1.41. The van der Waals surface area contributed by atoms with E-state index in [0.29, 0.717) is 0 Å². The zero-order valence-corrected chi connectivity index (χ0v) is 5.39. The minimum atomic E-state index is 0. The number of aliphatic hydroxyl groups is 1. The van der Waals surface area contributed by atoms with Gasteiger partial charge in [-0.25, -0.2) is 0 Å². The van der Waals surface area contributed by atoms with Crippen molar-refractivity contribution < 1.29 is 19.4 Å². The molecule has 2 heteroatoms. The van der Waals surface area contributed by atoms with Crippen molar-refractivity contribution in [3.8, 4) is 0 Å². The van der Waals surface area contributed by atoms with Crippen molar-refractivity contribution in [2.45, 2.75) is 0 Å². The molecule has 0 amide bonds. The summed E-state index contributed by atoms with van der Waals surface area (Å²) in [4.78, 5) is 0. The van der Waals surface area contributed by atoms with Gasteiger partial charge in [-0.1, -0.05) is 6.61 Å². The maximum Gasteiger partial charge on any atom is 0 e. The molecular weight excluding hydrogens is 283 g/mol. The summed E-state index contributed by atoms with van der Waals surface area (Å²) >= 11 is 0. The average Bonchev–Trinajstić information content (AvgIpc) is 0.918. The fraction of sp³-hybridized carbons (Fsp3) is 0.500. The molecule has 0 aliphatic rings. The van der Waals surface area contributed by atoms with Crippen LogP contribution in [0.4, 0.5) is 0 Å². The molecule has 27 valence electrons. The van der Waals surface area contributed by atoms with Crippen LogP contribution in [0.25, 0.3) is 0 Å². The van der Waals surface area contributed by atoms with Gasteiger partial charge in [0.15, 0.2) is 0 Å². The summed E-state index contributed by atoms with van der Waals surface area (Å²) in [6.45, 7) is 3.04. The zero-order valence-electron chi connectivity index (χ0n) is 2.24. The van der Waals surface area contributed by atoms with Crippen LogP contribution >= 0.6 is 0 Å². The fourth-order valence-corrected chi connectivity index (χ4v) is 0. The normalized spacial score (nSPS) is 4.50. The molecule has 0 spiro atoms. The molecule has 1 nitrogen and oxygen atoms in total. The Balaban J connectivity index is 0. The minimum Gasteiger partial charge on any atom is -0.428 e. The van der Waals surface area contributed by atoms with Crippen LogP contribution in [0.3, 0.4) is 0 Å². The molecule has 0 unspecified atom stereocenters. The van der Waals surface area contributed by atoms with Crippen molar-refractivity contribution in [2.75, 3.05) is 6.61 Å². The Hall–Kier alpha value is 0.350. The van der Waals surface area contributed by atoms with Crippen molar-refractivity contribution in [1.29, 1.82) is 0 Å². The van der Waals surface area contributed by atoms with Crippen molar-refractivity contribution >= 4 is 0 Å². The van der Waals surface area contributed by atoms with Crippen LogP contribution in [0.15, 0.2) is 0 Å². The summed E-state index contributed by atoms with van der Waals surface area (Å²) in [7, 11) is 0. The Morgan fingerprint density at radius 1 is 1.75 bits per heavy atom. The molecule has 0 atom stereocenters. The third-order valence-corrected chi connectivity index (χ3v) is 0. The molecule has 0 rings (SSSR count). The van der Waals surface area contributed by atoms with Gasteiger partial charge >= 0.3 is 0 Å². The molecule has 1 N–H and O–H groups in total. The van der Waals surface area contributed by atoms with Crippen molar-refractivity contribution in [1.82, 2.24) is 0 Å². The van der Waals surface area contributed by atoms with E-state index in [9.17, 15) is 0 Å². The zero-order chi connectivity index (χ0) is 2.71. The Morgan fingerprint density at radius 2 is 1.75 bits per heavy atom. The Morgan fingerprint density at radius 3 is 1.75 bits per heavy atom. The van der Waals surface area contributed by atoms with Crippen LogP contribution in [0, 0.1) is 21.2 Å². The second-order valence-corrected chi connectivity index (χ2v) is 0.224. The van der Waals surface area contributed by atoms with E-state index in [4.69, 9.17) is 5.11 Å². The molecule has 0 aromatic carbocycles. The molecule has 0 heterocycles. The summed E-state index contributed by atoms with van der Waals surface area (Å²) < 4.78 is 0. The van der Waals surface area contributed by atoms with Crippen LogP contribution in [0.5, 0.6) is 0 Å². The first kappa shape index (κ1) is 8.84. The van der Waals surface area contributed by atoms with Crippen LogP contribution in [0.2, 0.25) is 0 Å². The van der Waals surface area contributed by atoms with Crippen molar-refractivity contribution in [3.63, 3.8) is 0 Å². The van der Waals surface area contributed by atoms with E-state index in [-0.39, 0.29) is 20.9 Å². The maximum atomic E-state index is 7.46. The van der Waals surface area contributed by atoms with E-state index in [1.165, 1.54) is 0 Å². The van der Waals surface area contributed by atoms with Crippen molar-refractivity contribution in [2.24, 2.45) is 0 Å². The minimum absolute atomic E-state index is 0. The number of hydrogen-bond donors (Lipinski definition) is 1. The summed E-state index contributed by atoms with van der Waals surface area (Å²) in [5, 5.41) is 7.46. The quantitative estimate of drug-likeness (QED) is 0.613. The topological polar surface area (TPSA) is 20.2 Å². The molecule has 4 heavy (non-hydrogen) atoms. The van der Waals surface area contributed by atoms with E-state index < -0.39 is 0 Å². The van der Waals surface area contributed by atoms with Gasteiger partial charge in [0.1, 0.15) is 0 Å². The van der Waals surface area contributed by atoms with Crippen LogP contribution in [-0.2, 0) is 0 Å². The van der Waals surface area contributed by atoms with E-state index in [2.05, 4.69) is 6.92 Å². The molecular formula is C2H5AmO-. The van der Waals surface area contributed by atoms with E-state index in [1.807, 2.05) is 0 Å². The molecule has 0 bridgehead atoms. The van der Waals surface area contributed by atoms with Gasteiger partial charge in [-0.05, 0) is 0 Å². The number of rotatable bonds is 0. The van der Waals surface area contributed by atoms with Gasteiger partial charge < -0.3 is 12.0 Å². The van der Waals surface area contributed by atoms with E-state index in [0.717, 1.165) is 0 Å². The van der Waals surface area contributed by atoms with Gasteiger partial charge in [0.05, 0.1) is 0 Å². The smallest absolute Gasteiger partial charge is 0 e. The van der Waals surface area contributed by atoms with Gasteiger partial charge in [0.2, 0.25) is 0 Å². The molecule has 0 aromatic heterocycles. The second kappa shape index (κ2) is 10.2. The summed E-state index contributed by atoms with van der Waals surface area (Å²) in [5.74, 6) is 0. The largest absolute Gasteiger partial charge is 0.428 e. The third-order valence-electron chi connectivity index (χ3n) is 0. The summed E-state index contributed by atoms with van der Waals surface area (Å²) in [6.07, 6.45) is 0. The van der Waals surface area contributed by atoms with Gasteiger partial charge in [-0.3, -0.25) is 0 Å². The monoisotopic (exact) mass is 286 g/mol. The SMILES string of the molecule is [Am].[CH2-]CO. The van der Waals surface area contributed by atoms with Crippen LogP contribution in [0.1, 0.15) is 0 Å². The third kappa shape index (κ3) is 35.0. The standard InChI is InChI=1S/C2H5O.Am/c1-2-3;/h3H,1-2H2;/q-1;. The summed E-state index contributed by atoms with van der Waals surface area (Å²) in [6, 6.07) is 0. The molecule has 0 saturated heterocycles. The van der Waals surface area contributed by atoms with Gasteiger partial charge in [-0.2, -0.15) is 0 Å². The second-order valence-electron chi connectivity index (χ2n) is 0.224. The van der Waals surface area contributed by atoms with Crippen LogP contribution in [-0.4, -0.2) is 11.7 Å². The molecule has 0 aliphatic carbocycles. The Labute approximate surface area is 33.8 Å². The van der Waals surface area contributed by atoms with Gasteiger partial charge in [0.25, 0.3) is 0 Å².